The number of anilines is 1. The molecular weight excluding hydrogens is 302 g/mol. The minimum Gasteiger partial charge on any atom is -0.396 e. The van der Waals surface area contributed by atoms with E-state index in [1.807, 2.05) is 12.1 Å². The molecule has 0 spiro atoms. The zero-order valence-electron chi connectivity index (χ0n) is 13.4. The Morgan fingerprint density at radius 3 is 2.42 bits per heavy atom. The monoisotopic (exact) mass is 321 g/mol. The van der Waals surface area contributed by atoms with Gasteiger partial charge in [0.2, 0.25) is 0 Å². The van der Waals surface area contributed by atoms with Crippen molar-refractivity contribution in [1.29, 1.82) is 0 Å². The van der Waals surface area contributed by atoms with Crippen molar-refractivity contribution < 1.29 is 14.7 Å². The van der Waals surface area contributed by atoms with Crippen LogP contribution in [0.4, 0.5) is 5.69 Å². The van der Waals surface area contributed by atoms with Crippen molar-refractivity contribution >= 4 is 17.3 Å². The highest BCUT2D eigenvalue weighted by atomic mass is 16.3. The standard InChI is InChI=1S/C20H19NO3/c22-12-13-5-4-10-21(11-13)17-9-3-8-16-18(17)20(24)15-7-2-1-6-14(15)19(16)23/h1-3,6-9,13,22H,4-5,10-12H2/t13-/m0/s1. The SMILES string of the molecule is O=C1c2ccccc2C(=O)c2c1cccc2N1CCC[C@H](CO)C1. The minimum atomic E-state index is -0.0854. The maximum atomic E-state index is 13.0. The van der Waals surface area contributed by atoms with Crippen LogP contribution in [0, 0.1) is 5.92 Å². The van der Waals surface area contributed by atoms with Gasteiger partial charge in [-0.25, -0.2) is 0 Å². The van der Waals surface area contributed by atoms with Gasteiger partial charge < -0.3 is 10.0 Å². The van der Waals surface area contributed by atoms with Crippen molar-refractivity contribution in [1.82, 2.24) is 0 Å². The normalized spacial score (nSPS) is 19.9. The third-order valence-corrected chi connectivity index (χ3v) is 5.05. The Balaban J connectivity index is 1.83. The first-order chi connectivity index (χ1) is 11.7. The molecule has 2 aliphatic rings. The second-order valence-corrected chi connectivity index (χ2v) is 6.54. The number of carbonyl (C=O) groups is 2. The summed E-state index contributed by atoms with van der Waals surface area (Å²) in [5, 5.41) is 9.47. The molecule has 122 valence electrons. The van der Waals surface area contributed by atoms with Crippen molar-refractivity contribution in [3.8, 4) is 0 Å². The number of hydrogen-bond acceptors (Lipinski definition) is 4. The predicted molar refractivity (Wildman–Crippen MR) is 91.8 cm³/mol. The molecule has 1 fully saturated rings. The van der Waals surface area contributed by atoms with E-state index >= 15 is 0 Å². The van der Waals surface area contributed by atoms with E-state index in [1.54, 1.807) is 30.3 Å². The van der Waals surface area contributed by atoms with Crippen LogP contribution < -0.4 is 4.90 Å². The van der Waals surface area contributed by atoms with Gasteiger partial charge in [-0.3, -0.25) is 9.59 Å². The predicted octanol–water partition coefficient (Wildman–Crippen LogP) is 2.67. The number of rotatable bonds is 2. The summed E-state index contributed by atoms with van der Waals surface area (Å²) in [5.74, 6) is 0.0518. The van der Waals surface area contributed by atoms with E-state index in [0.29, 0.717) is 22.3 Å². The smallest absolute Gasteiger partial charge is 0.196 e. The van der Waals surface area contributed by atoms with Gasteiger partial charge in [-0.2, -0.15) is 0 Å². The molecule has 4 rings (SSSR count). The molecule has 2 aromatic rings. The maximum absolute atomic E-state index is 13.0. The first-order valence-corrected chi connectivity index (χ1v) is 8.38. The first-order valence-electron chi connectivity index (χ1n) is 8.38. The number of fused-ring (bicyclic) bond motifs is 2. The molecule has 0 bridgehead atoms. The first kappa shape index (κ1) is 15.1. The highest BCUT2D eigenvalue weighted by Gasteiger charge is 2.33. The Labute approximate surface area is 140 Å². The van der Waals surface area contributed by atoms with Crippen LogP contribution in [-0.2, 0) is 0 Å². The van der Waals surface area contributed by atoms with Crippen LogP contribution in [0.3, 0.4) is 0 Å². The summed E-state index contributed by atoms with van der Waals surface area (Å²) in [6.45, 7) is 1.72. The summed E-state index contributed by atoms with van der Waals surface area (Å²) in [6, 6.07) is 12.5. The molecule has 4 nitrogen and oxygen atoms in total. The minimum absolute atomic E-state index is 0.0816. The van der Waals surface area contributed by atoms with Crippen molar-refractivity contribution in [2.75, 3.05) is 24.6 Å². The Morgan fingerprint density at radius 1 is 0.958 bits per heavy atom. The molecule has 2 aromatic carbocycles. The van der Waals surface area contributed by atoms with Gasteiger partial charge >= 0.3 is 0 Å². The van der Waals surface area contributed by atoms with Gasteiger partial charge in [0.1, 0.15) is 0 Å². The highest BCUT2D eigenvalue weighted by Crippen LogP contribution is 2.35. The Morgan fingerprint density at radius 2 is 1.67 bits per heavy atom. The zero-order chi connectivity index (χ0) is 16.7. The number of aliphatic hydroxyl groups excluding tert-OH is 1. The van der Waals surface area contributed by atoms with E-state index in [0.717, 1.165) is 31.6 Å². The number of piperidine rings is 1. The molecule has 1 saturated heterocycles. The van der Waals surface area contributed by atoms with Gasteiger partial charge in [-0.05, 0) is 24.8 Å². The van der Waals surface area contributed by atoms with Crippen LogP contribution in [0.25, 0.3) is 0 Å². The van der Waals surface area contributed by atoms with Crippen molar-refractivity contribution in [3.05, 3.63) is 64.7 Å². The fourth-order valence-electron chi connectivity index (χ4n) is 3.82. The van der Waals surface area contributed by atoms with Crippen LogP contribution >= 0.6 is 0 Å². The van der Waals surface area contributed by atoms with Gasteiger partial charge in [0.25, 0.3) is 0 Å². The van der Waals surface area contributed by atoms with E-state index in [2.05, 4.69) is 4.90 Å². The third-order valence-electron chi connectivity index (χ3n) is 5.05. The molecule has 0 aromatic heterocycles. The molecule has 0 unspecified atom stereocenters. The van der Waals surface area contributed by atoms with E-state index in [9.17, 15) is 14.7 Å². The van der Waals surface area contributed by atoms with E-state index in [-0.39, 0.29) is 24.1 Å². The second kappa shape index (κ2) is 5.87. The number of ketones is 2. The Bertz CT molecular complexity index is 827. The van der Waals surface area contributed by atoms with Gasteiger partial charge in [-0.1, -0.05) is 36.4 Å². The second-order valence-electron chi connectivity index (χ2n) is 6.54. The summed E-state index contributed by atoms with van der Waals surface area (Å²) in [5.41, 5.74) is 2.79. The summed E-state index contributed by atoms with van der Waals surface area (Å²) < 4.78 is 0. The Kier molecular flexibility index (Phi) is 3.69. The van der Waals surface area contributed by atoms with Crippen molar-refractivity contribution in [2.24, 2.45) is 5.92 Å². The molecule has 1 aliphatic carbocycles. The van der Waals surface area contributed by atoms with Crippen LogP contribution in [0.15, 0.2) is 42.5 Å². The lowest BCUT2D eigenvalue weighted by atomic mass is 9.82. The lowest BCUT2D eigenvalue weighted by molar-refractivity contribution is 0.0979. The number of aliphatic hydroxyl groups is 1. The average molecular weight is 321 g/mol. The van der Waals surface area contributed by atoms with Crippen LogP contribution in [0.2, 0.25) is 0 Å². The highest BCUT2D eigenvalue weighted by molar-refractivity contribution is 6.30. The summed E-state index contributed by atoms with van der Waals surface area (Å²) in [4.78, 5) is 28.0. The quantitative estimate of drug-likeness (QED) is 0.788. The summed E-state index contributed by atoms with van der Waals surface area (Å²) >= 11 is 0. The maximum Gasteiger partial charge on any atom is 0.196 e. The number of benzene rings is 2. The lowest BCUT2D eigenvalue weighted by Crippen LogP contribution is -2.38. The molecule has 1 N–H and O–H groups in total. The average Bonchev–Trinajstić information content (AvgIpc) is 2.65. The zero-order valence-corrected chi connectivity index (χ0v) is 13.4. The van der Waals surface area contributed by atoms with Gasteiger partial charge in [0.15, 0.2) is 11.6 Å². The summed E-state index contributed by atoms with van der Waals surface area (Å²) in [7, 11) is 0. The summed E-state index contributed by atoms with van der Waals surface area (Å²) in [6.07, 6.45) is 1.98. The molecule has 0 saturated carbocycles. The van der Waals surface area contributed by atoms with Crippen LogP contribution in [-0.4, -0.2) is 36.4 Å². The van der Waals surface area contributed by atoms with E-state index < -0.39 is 0 Å². The number of hydrogen-bond donors (Lipinski definition) is 1. The molecule has 24 heavy (non-hydrogen) atoms. The number of nitrogens with zero attached hydrogens (tertiary/aromatic N) is 1. The van der Waals surface area contributed by atoms with Gasteiger partial charge in [0, 0.05) is 42.1 Å². The van der Waals surface area contributed by atoms with E-state index in [1.165, 1.54) is 0 Å². The van der Waals surface area contributed by atoms with Gasteiger partial charge in [0.05, 0.1) is 5.56 Å². The lowest BCUT2D eigenvalue weighted by Gasteiger charge is -2.35. The van der Waals surface area contributed by atoms with Crippen LogP contribution in [0.1, 0.15) is 44.7 Å². The molecule has 1 aliphatic heterocycles. The molecule has 1 heterocycles. The van der Waals surface area contributed by atoms with Crippen LogP contribution in [0.5, 0.6) is 0 Å². The molecule has 0 radical (unpaired) electrons. The topological polar surface area (TPSA) is 57.6 Å². The van der Waals surface area contributed by atoms with Crippen molar-refractivity contribution in [3.63, 3.8) is 0 Å². The fourth-order valence-corrected chi connectivity index (χ4v) is 3.82. The van der Waals surface area contributed by atoms with E-state index in [4.69, 9.17) is 0 Å². The van der Waals surface area contributed by atoms with Crippen molar-refractivity contribution in [2.45, 2.75) is 12.8 Å². The fraction of sp³-hybridized carbons (Fsp3) is 0.300. The van der Waals surface area contributed by atoms with Gasteiger partial charge in [-0.15, -0.1) is 0 Å². The third kappa shape index (κ3) is 2.26. The molecular formula is C20H19NO3. The molecule has 0 amide bonds. The Hall–Kier alpha value is -2.46. The molecule has 4 heteroatoms. The largest absolute Gasteiger partial charge is 0.396 e. The molecule has 1 atom stereocenters. The number of carbonyl (C=O) groups excluding carboxylic acids is 2.